The minimum Gasteiger partial charge on any atom is -0.379 e. The maximum atomic E-state index is 6.07. The Hall–Kier alpha value is -0.160. The zero-order chi connectivity index (χ0) is 13.2. The molecule has 4 nitrogen and oxygen atoms in total. The summed E-state index contributed by atoms with van der Waals surface area (Å²) in [5, 5.41) is 0. The molecule has 0 saturated carbocycles. The summed E-state index contributed by atoms with van der Waals surface area (Å²) in [4.78, 5) is 5.19. The van der Waals surface area contributed by atoms with Gasteiger partial charge in [0.2, 0.25) is 0 Å². The van der Waals surface area contributed by atoms with Gasteiger partial charge in [0.05, 0.1) is 13.2 Å². The zero-order valence-corrected chi connectivity index (χ0v) is 12.2. The molecule has 0 aromatic carbocycles. The van der Waals surface area contributed by atoms with Gasteiger partial charge in [-0.3, -0.25) is 4.90 Å². The van der Waals surface area contributed by atoms with E-state index in [9.17, 15) is 0 Å². The summed E-state index contributed by atoms with van der Waals surface area (Å²) < 4.78 is 5.43. The third-order valence-electron chi connectivity index (χ3n) is 4.67. The van der Waals surface area contributed by atoms with Crippen molar-refractivity contribution in [1.82, 2.24) is 9.80 Å². The van der Waals surface area contributed by atoms with E-state index in [2.05, 4.69) is 30.6 Å². The SMILES string of the molecule is CC(N)C(C)(C)CN1CCC(N2CCOCC2)C1. The smallest absolute Gasteiger partial charge is 0.0594 e. The average Bonchev–Trinajstić information content (AvgIpc) is 2.78. The first-order chi connectivity index (χ1) is 8.49. The highest BCUT2D eigenvalue weighted by Gasteiger charge is 2.33. The molecule has 2 fully saturated rings. The summed E-state index contributed by atoms with van der Waals surface area (Å²) in [7, 11) is 0. The van der Waals surface area contributed by atoms with Gasteiger partial charge < -0.3 is 15.4 Å². The second-order valence-electron chi connectivity index (χ2n) is 6.60. The quantitative estimate of drug-likeness (QED) is 0.805. The van der Waals surface area contributed by atoms with Gasteiger partial charge >= 0.3 is 0 Å². The molecule has 2 rings (SSSR count). The van der Waals surface area contributed by atoms with E-state index in [0.29, 0.717) is 0 Å². The van der Waals surface area contributed by atoms with Gasteiger partial charge in [0, 0.05) is 38.3 Å². The number of ether oxygens (including phenoxy) is 1. The lowest BCUT2D eigenvalue weighted by atomic mass is 9.85. The van der Waals surface area contributed by atoms with Crippen LogP contribution in [0.25, 0.3) is 0 Å². The van der Waals surface area contributed by atoms with Crippen molar-refractivity contribution in [2.75, 3.05) is 45.9 Å². The Balaban J connectivity index is 1.81. The Morgan fingerprint density at radius 3 is 2.56 bits per heavy atom. The predicted molar refractivity (Wildman–Crippen MR) is 74.7 cm³/mol. The second kappa shape index (κ2) is 5.87. The largest absolute Gasteiger partial charge is 0.379 e. The topological polar surface area (TPSA) is 41.7 Å². The number of nitrogens with two attached hydrogens (primary N) is 1. The molecule has 2 N–H and O–H groups in total. The van der Waals surface area contributed by atoms with Crippen molar-refractivity contribution in [2.24, 2.45) is 11.1 Å². The van der Waals surface area contributed by atoms with Crippen molar-refractivity contribution in [3.05, 3.63) is 0 Å². The molecular weight excluding hydrogens is 226 g/mol. The highest BCUT2D eigenvalue weighted by atomic mass is 16.5. The van der Waals surface area contributed by atoms with Gasteiger partial charge in [0.25, 0.3) is 0 Å². The maximum Gasteiger partial charge on any atom is 0.0594 e. The molecule has 0 spiro atoms. The number of hydrogen-bond acceptors (Lipinski definition) is 4. The number of nitrogens with zero attached hydrogens (tertiary/aromatic N) is 2. The second-order valence-corrected chi connectivity index (χ2v) is 6.60. The summed E-state index contributed by atoms with van der Waals surface area (Å²) in [6.45, 7) is 14.2. The van der Waals surface area contributed by atoms with Crippen LogP contribution in [-0.4, -0.2) is 67.8 Å². The van der Waals surface area contributed by atoms with Crippen LogP contribution < -0.4 is 5.73 Å². The van der Waals surface area contributed by atoms with E-state index in [1.807, 2.05) is 0 Å². The van der Waals surface area contributed by atoms with E-state index in [-0.39, 0.29) is 11.5 Å². The lowest BCUT2D eigenvalue weighted by Gasteiger charge is -2.35. The fourth-order valence-corrected chi connectivity index (χ4v) is 2.92. The standard InChI is InChI=1S/C14H29N3O/c1-12(15)14(2,3)11-16-5-4-13(10-16)17-6-8-18-9-7-17/h12-13H,4-11,15H2,1-3H3. The summed E-state index contributed by atoms with van der Waals surface area (Å²) >= 11 is 0. The number of morpholine rings is 1. The van der Waals surface area contributed by atoms with Crippen LogP contribution in [0.5, 0.6) is 0 Å². The summed E-state index contributed by atoms with van der Waals surface area (Å²) in [5.74, 6) is 0. The van der Waals surface area contributed by atoms with Crippen LogP contribution in [0.4, 0.5) is 0 Å². The Kier molecular flexibility index (Phi) is 4.64. The summed E-state index contributed by atoms with van der Waals surface area (Å²) in [5.41, 5.74) is 6.28. The Labute approximate surface area is 111 Å². The fraction of sp³-hybridized carbons (Fsp3) is 1.00. The van der Waals surface area contributed by atoms with E-state index in [1.165, 1.54) is 19.5 Å². The molecule has 2 aliphatic heterocycles. The molecular formula is C14H29N3O. The van der Waals surface area contributed by atoms with E-state index in [1.54, 1.807) is 0 Å². The van der Waals surface area contributed by atoms with E-state index in [4.69, 9.17) is 10.5 Å². The summed E-state index contributed by atoms with van der Waals surface area (Å²) in [6.07, 6.45) is 1.30. The molecule has 2 aliphatic rings. The number of likely N-dealkylation sites (tertiary alicyclic amines) is 1. The van der Waals surface area contributed by atoms with Gasteiger partial charge in [-0.1, -0.05) is 13.8 Å². The molecule has 0 aromatic heterocycles. The Morgan fingerprint density at radius 2 is 1.94 bits per heavy atom. The Morgan fingerprint density at radius 1 is 1.28 bits per heavy atom. The highest BCUT2D eigenvalue weighted by Crippen LogP contribution is 2.24. The molecule has 106 valence electrons. The maximum absolute atomic E-state index is 6.07. The van der Waals surface area contributed by atoms with Crippen molar-refractivity contribution in [3.63, 3.8) is 0 Å². The monoisotopic (exact) mass is 255 g/mol. The lowest BCUT2D eigenvalue weighted by Crippen LogP contribution is -2.47. The van der Waals surface area contributed by atoms with Crippen molar-refractivity contribution >= 4 is 0 Å². The molecule has 18 heavy (non-hydrogen) atoms. The van der Waals surface area contributed by atoms with Gasteiger partial charge in [-0.05, 0) is 25.3 Å². The normalized spacial score (nSPS) is 29.7. The number of hydrogen-bond donors (Lipinski definition) is 1. The molecule has 0 bridgehead atoms. The van der Waals surface area contributed by atoms with Crippen LogP contribution in [0, 0.1) is 5.41 Å². The van der Waals surface area contributed by atoms with Crippen molar-refractivity contribution in [1.29, 1.82) is 0 Å². The molecule has 2 heterocycles. The average molecular weight is 255 g/mol. The molecule has 2 saturated heterocycles. The molecule has 0 radical (unpaired) electrons. The van der Waals surface area contributed by atoms with Gasteiger partial charge in [-0.2, -0.15) is 0 Å². The minimum atomic E-state index is 0.208. The van der Waals surface area contributed by atoms with Crippen molar-refractivity contribution in [3.8, 4) is 0 Å². The van der Waals surface area contributed by atoms with Crippen molar-refractivity contribution < 1.29 is 4.74 Å². The minimum absolute atomic E-state index is 0.208. The first-order valence-electron chi connectivity index (χ1n) is 7.29. The lowest BCUT2D eigenvalue weighted by molar-refractivity contribution is 0.0176. The van der Waals surface area contributed by atoms with Gasteiger partial charge in [0.15, 0.2) is 0 Å². The fourth-order valence-electron chi connectivity index (χ4n) is 2.92. The van der Waals surface area contributed by atoms with E-state index < -0.39 is 0 Å². The molecule has 0 aromatic rings. The molecule has 0 amide bonds. The van der Waals surface area contributed by atoms with E-state index >= 15 is 0 Å². The first-order valence-corrected chi connectivity index (χ1v) is 7.29. The zero-order valence-electron chi connectivity index (χ0n) is 12.2. The third-order valence-corrected chi connectivity index (χ3v) is 4.67. The Bertz CT molecular complexity index is 262. The van der Waals surface area contributed by atoms with Crippen LogP contribution in [-0.2, 0) is 4.74 Å². The number of rotatable bonds is 4. The van der Waals surface area contributed by atoms with Crippen LogP contribution >= 0.6 is 0 Å². The predicted octanol–water partition coefficient (Wildman–Crippen LogP) is 0.766. The summed E-state index contributed by atoms with van der Waals surface area (Å²) in [6, 6.07) is 0.984. The third kappa shape index (κ3) is 3.44. The highest BCUT2D eigenvalue weighted by molar-refractivity contribution is 4.89. The van der Waals surface area contributed by atoms with Crippen LogP contribution in [0.2, 0.25) is 0 Å². The first kappa shape index (κ1) is 14.3. The van der Waals surface area contributed by atoms with E-state index in [0.717, 1.165) is 38.9 Å². The molecule has 2 unspecified atom stereocenters. The van der Waals surface area contributed by atoms with Crippen LogP contribution in [0.3, 0.4) is 0 Å². The molecule has 4 heteroatoms. The van der Waals surface area contributed by atoms with Gasteiger partial charge in [-0.25, -0.2) is 0 Å². The van der Waals surface area contributed by atoms with Crippen molar-refractivity contribution in [2.45, 2.75) is 39.3 Å². The molecule has 0 aliphatic carbocycles. The van der Waals surface area contributed by atoms with Gasteiger partial charge in [-0.15, -0.1) is 0 Å². The van der Waals surface area contributed by atoms with Gasteiger partial charge in [0.1, 0.15) is 0 Å². The molecule has 2 atom stereocenters. The van der Waals surface area contributed by atoms with Crippen LogP contribution in [0.1, 0.15) is 27.2 Å². The van der Waals surface area contributed by atoms with Crippen LogP contribution in [0.15, 0.2) is 0 Å².